The van der Waals surface area contributed by atoms with Gasteiger partial charge in [-0.1, -0.05) is 11.6 Å². The molecule has 1 aromatic carbocycles. The minimum absolute atomic E-state index is 0.126. The Kier molecular flexibility index (Phi) is 8.37. The van der Waals surface area contributed by atoms with Crippen LogP contribution < -0.4 is 15.8 Å². The fourth-order valence-corrected chi connectivity index (χ4v) is 5.64. The molecule has 33 heavy (non-hydrogen) atoms. The van der Waals surface area contributed by atoms with Crippen LogP contribution in [-0.4, -0.2) is 37.5 Å². The number of hydrogen-bond acceptors (Lipinski definition) is 4. The summed E-state index contributed by atoms with van der Waals surface area (Å²) in [4.78, 5) is 30.4. The molecule has 0 aliphatic heterocycles. The average Bonchev–Trinajstić information content (AvgIpc) is 2.75. The van der Waals surface area contributed by atoms with Gasteiger partial charge in [-0.25, -0.2) is 4.21 Å². The number of benzene rings is 1. The Labute approximate surface area is 202 Å². The summed E-state index contributed by atoms with van der Waals surface area (Å²) >= 11 is 4.64. The first kappa shape index (κ1) is 25.5. The van der Waals surface area contributed by atoms with Gasteiger partial charge in [0.2, 0.25) is 0 Å². The Bertz CT molecular complexity index is 1110. The number of amides is 1. The van der Waals surface area contributed by atoms with Crippen LogP contribution in [-0.2, 0) is 17.6 Å². The predicted molar refractivity (Wildman–Crippen MR) is 134 cm³/mol. The molecule has 1 saturated carbocycles. The Hall–Kier alpha value is -2.16. The normalized spacial score (nSPS) is 19.2. The molecule has 1 atom stereocenters. The third-order valence-corrected chi connectivity index (χ3v) is 7.79. The number of nitrogens with zero attached hydrogens (tertiary/aromatic N) is 1. The predicted octanol–water partition coefficient (Wildman–Crippen LogP) is 4.24. The third-order valence-electron chi connectivity index (χ3n) is 6.53. The van der Waals surface area contributed by atoms with Crippen LogP contribution in [0.1, 0.15) is 65.3 Å². The zero-order chi connectivity index (χ0) is 24.3. The van der Waals surface area contributed by atoms with Gasteiger partial charge < -0.3 is 19.8 Å². The van der Waals surface area contributed by atoms with E-state index < -0.39 is 11.1 Å². The summed E-state index contributed by atoms with van der Waals surface area (Å²) in [5.74, 6) is -0.286. The van der Waals surface area contributed by atoms with Crippen LogP contribution in [0.2, 0.25) is 5.02 Å². The molecule has 0 bridgehead atoms. The molecule has 1 aliphatic rings. The van der Waals surface area contributed by atoms with Crippen molar-refractivity contribution in [2.75, 3.05) is 11.4 Å². The number of aryl methyl sites for hydroxylation is 2. The number of rotatable bonds is 7. The molecule has 0 radical (unpaired) electrons. The largest absolute Gasteiger partial charge is 0.369 e. The summed E-state index contributed by atoms with van der Waals surface area (Å²) < 4.78 is 20.8. The van der Waals surface area contributed by atoms with Crippen LogP contribution in [0.3, 0.4) is 0 Å². The van der Waals surface area contributed by atoms with E-state index >= 15 is 0 Å². The van der Waals surface area contributed by atoms with E-state index in [1.807, 2.05) is 32.9 Å². The van der Waals surface area contributed by atoms with E-state index in [0.717, 1.165) is 41.9 Å². The second-order valence-corrected chi connectivity index (χ2v) is 10.4. The number of anilines is 1. The lowest BCUT2D eigenvalue weighted by molar-refractivity contribution is 0.0950. The maximum absolute atomic E-state index is 13.1. The number of aromatic amines is 1. The molecule has 3 rings (SSSR count). The van der Waals surface area contributed by atoms with Crippen molar-refractivity contribution in [2.24, 2.45) is 0 Å². The summed E-state index contributed by atoms with van der Waals surface area (Å²) in [5, 5.41) is 3.16. The molecule has 0 saturated heterocycles. The van der Waals surface area contributed by atoms with Gasteiger partial charge in [-0.3, -0.25) is 9.59 Å². The highest BCUT2D eigenvalue weighted by molar-refractivity contribution is 7.79. The van der Waals surface area contributed by atoms with Gasteiger partial charge in [0.15, 0.2) is 11.1 Å². The zero-order valence-corrected chi connectivity index (χ0v) is 21.1. The van der Waals surface area contributed by atoms with Gasteiger partial charge in [-0.15, -0.1) is 0 Å². The Morgan fingerprint density at radius 2 is 1.88 bits per heavy atom. The molecular weight excluding hydrogens is 462 g/mol. The topological polar surface area (TPSA) is 103 Å². The zero-order valence-electron chi connectivity index (χ0n) is 19.5. The van der Waals surface area contributed by atoms with Crippen LogP contribution >= 0.6 is 11.6 Å². The van der Waals surface area contributed by atoms with E-state index in [9.17, 15) is 18.4 Å². The standard InChI is InChI=1S/C24H32ClN3O4S/c1-5-28(18-6-8-19(9-7-18)33(31)32)22-12-17(25)11-20(16(22)4)23(29)26-13-21-14(2)10-15(3)27-24(21)30/h10-12,18-19H,5-9,13H2,1-4H3,(H,26,29)(H,27,30)(H,31,32). The Morgan fingerprint density at radius 1 is 1.21 bits per heavy atom. The van der Waals surface area contributed by atoms with Gasteiger partial charge in [-0.05, 0) is 82.7 Å². The summed E-state index contributed by atoms with van der Waals surface area (Å²) in [5.41, 5.74) is 4.13. The van der Waals surface area contributed by atoms with E-state index in [1.165, 1.54) is 0 Å². The van der Waals surface area contributed by atoms with Crippen molar-refractivity contribution in [1.29, 1.82) is 0 Å². The van der Waals surface area contributed by atoms with Crippen molar-refractivity contribution in [3.63, 3.8) is 0 Å². The second kappa shape index (κ2) is 10.8. The molecule has 180 valence electrons. The van der Waals surface area contributed by atoms with Crippen LogP contribution in [0.4, 0.5) is 5.69 Å². The number of carbonyl (C=O) groups excluding carboxylic acids is 1. The van der Waals surface area contributed by atoms with Crippen molar-refractivity contribution >= 4 is 34.3 Å². The number of carbonyl (C=O) groups is 1. The van der Waals surface area contributed by atoms with Gasteiger partial charge in [0.1, 0.15) is 0 Å². The summed E-state index contributed by atoms with van der Waals surface area (Å²) in [6.45, 7) is 8.50. The highest BCUT2D eigenvalue weighted by atomic mass is 35.5. The maximum Gasteiger partial charge on any atom is 0.253 e. The lowest BCUT2D eigenvalue weighted by Gasteiger charge is -2.38. The van der Waals surface area contributed by atoms with Gasteiger partial charge >= 0.3 is 0 Å². The van der Waals surface area contributed by atoms with Crippen molar-refractivity contribution < 1.29 is 13.6 Å². The molecule has 1 aromatic heterocycles. The molecule has 3 N–H and O–H groups in total. The van der Waals surface area contributed by atoms with Crippen molar-refractivity contribution in [1.82, 2.24) is 10.3 Å². The monoisotopic (exact) mass is 493 g/mol. The molecule has 1 unspecified atom stereocenters. The summed E-state index contributed by atoms with van der Waals surface area (Å²) in [6, 6.07) is 5.63. The molecule has 0 spiro atoms. The van der Waals surface area contributed by atoms with Crippen molar-refractivity contribution in [3.05, 3.63) is 61.5 Å². The maximum atomic E-state index is 13.1. The van der Waals surface area contributed by atoms with Crippen LogP contribution in [0.5, 0.6) is 0 Å². The van der Waals surface area contributed by atoms with Gasteiger partial charge in [0, 0.05) is 46.7 Å². The summed E-state index contributed by atoms with van der Waals surface area (Å²) in [7, 11) is 0. The molecule has 9 heteroatoms. The fourth-order valence-electron chi connectivity index (χ4n) is 4.75. The second-order valence-electron chi connectivity index (χ2n) is 8.72. The van der Waals surface area contributed by atoms with E-state index in [1.54, 1.807) is 6.07 Å². The van der Waals surface area contributed by atoms with Gasteiger partial charge in [0.25, 0.3) is 11.5 Å². The minimum atomic E-state index is -1.78. The molecule has 1 aliphatic carbocycles. The van der Waals surface area contributed by atoms with Crippen LogP contribution in [0.25, 0.3) is 0 Å². The summed E-state index contributed by atoms with van der Waals surface area (Å²) in [6.07, 6.45) is 3.02. The molecule has 7 nitrogen and oxygen atoms in total. The van der Waals surface area contributed by atoms with E-state index in [2.05, 4.69) is 22.1 Å². The number of nitrogens with one attached hydrogen (secondary N) is 2. The number of halogens is 1. The number of pyridine rings is 1. The van der Waals surface area contributed by atoms with Crippen molar-refractivity contribution in [3.8, 4) is 0 Å². The smallest absolute Gasteiger partial charge is 0.253 e. The minimum Gasteiger partial charge on any atom is -0.369 e. The molecule has 2 aromatic rings. The Balaban J connectivity index is 1.82. The highest BCUT2D eigenvalue weighted by Crippen LogP contribution is 2.34. The molecule has 1 fully saturated rings. The lowest BCUT2D eigenvalue weighted by Crippen LogP contribution is -2.40. The van der Waals surface area contributed by atoms with Crippen LogP contribution in [0, 0.1) is 20.8 Å². The van der Waals surface area contributed by atoms with E-state index in [-0.39, 0.29) is 29.3 Å². The first-order chi connectivity index (χ1) is 15.6. The van der Waals surface area contributed by atoms with Crippen molar-refractivity contribution in [2.45, 2.75) is 71.2 Å². The number of aromatic nitrogens is 1. The quantitative estimate of drug-likeness (QED) is 0.500. The number of H-pyrrole nitrogens is 1. The molecular formula is C24H32ClN3O4S. The van der Waals surface area contributed by atoms with Gasteiger partial charge in [-0.2, -0.15) is 0 Å². The first-order valence-electron chi connectivity index (χ1n) is 11.3. The van der Waals surface area contributed by atoms with Crippen LogP contribution in [0.15, 0.2) is 23.0 Å². The fraction of sp³-hybridized carbons (Fsp3) is 0.500. The highest BCUT2D eigenvalue weighted by Gasteiger charge is 2.29. The Morgan fingerprint density at radius 3 is 2.45 bits per heavy atom. The van der Waals surface area contributed by atoms with E-state index in [4.69, 9.17) is 11.6 Å². The number of hydrogen-bond donors (Lipinski definition) is 3. The molecule has 1 amide bonds. The van der Waals surface area contributed by atoms with E-state index in [0.29, 0.717) is 29.0 Å². The first-order valence-corrected chi connectivity index (χ1v) is 12.8. The SMILES string of the molecule is CCN(c1cc(Cl)cc(C(=O)NCc2c(C)cc(C)[nH]c2=O)c1C)C1CCC(S(=O)O)CC1. The lowest BCUT2D eigenvalue weighted by atomic mass is 9.92. The molecule has 1 heterocycles. The third kappa shape index (κ3) is 5.86. The average molecular weight is 494 g/mol. The van der Waals surface area contributed by atoms with Gasteiger partial charge in [0.05, 0.1) is 5.25 Å².